The molecule has 3 rings (SSSR count). The number of nitrogens with one attached hydrogen (secondary N) is 1. The lowest BCUT2D eigenvalue weighted by atomic mass is 10.2. The number of carbonyl (C=O) groups is 1. The normalized spacial score (nSPS) is 20.0. The molecule has 2 unspecified atom stereocenters. The van der Waals surface area contributed by atoms with E-state index in [0.717, 1.165) is 5.56 Å². The van der Waals surface area contributed by atoms with Gasteiger partial charge in [0.15, 0.2) is 0 Å². The third-order valence-electron chi connectivity index (χ3n) is 4.69. The molecule has 0 saturated carbocycles. The summed E-state index contributed by atoms with van der Waals surface area (Å²) in [6.07, 6.45) is 1.25. The Labute approximate surface area is 177 Å². The Kier molecular flexibility index (Phi) is 7.06. The fourth-order valence-electron chi connectivity index (χ4n) is 3.38. The van der Waals surface area contributed by atoms with Gasteiger partial charge in [0.25, 0.3) is 5.91 Å². The highest BCUT2D eigenvalue weighted by atomic mass is 32.2. The van der Waals surface area contributed by atoms with Crippen LogP contribution in [0.15, 0.2) is 47.5 Å². The summed E-state index contributed by atoms with van der Waals surface area (Å²) in [4.78, 5) is 16.9. The number of pyridine rings is 1. The molecule has 1 fully saturated rings. The van der Waals surface area contributed by atoms with Gasteiger partial charge in [0.1, 0.15) is 0 Å². The first-order valence-corrected chi connectivity index (χ1v) is 11.4. The molecule has 2 aromatic rings. The molecule has 0 aliphatic carbocycles. The molecular formula is C21H27N3O5S. The van der Waals surface area contributed by atoms with Gasteiger partial charge in [0.2, 0.25) is 15.9 Å². The lowest BCUT2D eigenvalue weighted by molar-refractivity contribution is -0.0440. The van der Waals surface area contributed by atoms with E-state index in [-0.39, 0.29) is 48.2 Å². The van der Waals surface area contributed by atoms with Gasteiger partial charge in [-0.25, -0.2) is 13.4 Å². The highest BCUT2D eigenvalue weighted by Gasteiger charge is 2.32. The third kappa shape index (κ3) is 5.16. The highest BCUT2D eigenvalue weighted by molar-refractivity contribution is 7.89. The van der Waals surface area contributed by atoms with Crippen LogP contribution in [0.25, 0.3) is 0 Å². The molecular weight excluding hydrogens is 406 g/mol. The number of nitrogens with zero attached hydrogens (tertiary/aromatic N) is 2. The van der Waals surface area contributed by atoms with Gasteiger partial charge >= 0.3 is 0 Å². The molecule has 1 N–H and O–H groups in total. The quantitative estimate of drug-likeness (QED) is 0.719. The van der Waals surface area contributed by atoms with E-state index in [1.54, 1.807) is 24.4 Å². The van der Waals surface area contributed by atoms with Crippen LogP contribution in [0.4, 0.5) is 0 Å². The van der Waals surface area contributed by atoms with Gasteiger partial charge in [-0.2, -0.15) is 4.31 Å². The van der Waals surface area contributed by atoms with Crippen LogP contribution in [0.5, 0.6) is 5.88 Å². The zero-order chi connectivity index (χ0) is 21.7. The van der Waals surface area contributed by atoms with Crippen LogP contribution in [0, 0.1) is 0 Å². The molecule has 1 aromatic heterocycles. The molecule has 2 heterocycles. The molecule has 1 aromatic carbocycles. The maximum atomic E-state index is 13.1. The lowest BCUT2D eigenvalue weighted by Crippen LogP contribution is -2.48. The number of rotatable bonds is 7. The predicted octanol–water partition coefficient (Wildman–Crippen LogP) is 2.21. The summed E-state index contributed by atoms with van der Waals surface area (Å²) in [7, 11) is -3.72. The van der Waals surface area contributed by atoms with E-state index in [1.807, 2.05) is 26.8 Å². The fourth-order valence-corrected chi connectivity index (χ4v) is 5.01. The second kappa shape index (κ2) is 9.55. The van der Waals surface area contributed by atoms with Gasteiger partial charge in [-0.3, -0.25) is 4.79 Å². The largest absolute Gasteiger partial charge is 0.478 e. The molecule has 1 aliphatic heterocycles. The van der Waals surface area contributed by atoms with Gasteiger partial charge in [-0.15, -0.1) is 0 Å². The van der Waals surface area contributed by atoms with E-state index in [0.29, 0.717) is 12.5 Å². The summed E-state index contributed by atoms with van der Waals surface area (Å²) in [5.74, 6) is 0.0919. The molecule has 0 spiro atoms. The van der Waals surface area contributed by atoms with E-state index < -0.39 is 10.0 Å². The van der Waals surface area contributed by atoms with E-state index in [4.69, 9.17) is 9.47 Å². The Morgan fingerprint density at radius 2 is 1.97 bits per heavy atom. The summed E-state index contributed by atoms with van der Waals surface area (Å²) >= 11 is 0. The molecule has 1 saturated heterocycles. The second-order valence-electron chi connectivity index (χ2n) is 7.19. The maximum Gasteiger partial charge on any atom is 0.251 e. The molecule has 9 heteroatoms. The Bertz CT molecular complexity index is 986. The Morgan fingerprint density at radius 3 is 2.67 bits per heavy atom. The number of aromatic nitrogens is 1. The van der Waals surface area contributed by atoms with Crippen molar-refractivity contribution in [3.63, 3.8) is 0 Å². The van der Waals surface area contributed by atoms with Crippen molar-refractivity contribution in [3.8, 4) is 5.88 Å². The Balaban J connectivity index is 1.74. The molecule has 2 atom stereocenters. The van der Waals surface area contributed by atoms with Gasteiger partial charge in [-0.1, -0.05) is 12.1 Å². The van der Waals surface area contributed by atoms with Crippen LogP contribution in [-0.2, 0) is 21.3 Å². The van der Waals surface area contributed by atoms with Crippen molar-refractivity contribution in [2.45, 2.75) is 44.4 Å². The molecule has 0 radical (unpaired) electrons. The summed E-state index contributed by atoms with van der Waals surface area (Å²) in [5, 5.41) is 2.80. The first-order valence-electron chi connectivity index (χ1n) is 9.91. The lowest BCUT2D eigenvalue weighted by Gasteiger charge is -2.34. The van der Waals surface area contributed by atoms with Gasteiger partial charge < -0.3 is 14.8 Å². The number of ether oxygens (including phenoxy) is 2. The molecule has 8 nitrogen and oxygen atoms in total. The van der Waals surface area contributed by atoms with E-state index in [9.17, 15) is 13.2 Å². The zero-order valence-corrected chi connectivity index (χ0v) is 18.2. The smallest absolute Gasteiger partial charge is 0.251 e. The first kappa shape index (κ1) is 22.2. The van der Waals surface area contributed by atoms with Crippen molar-refractivity contribution in [3.05, 3.63) is 53.7 Å². The molecule has 1 aliphatic rings. The molecule has 162 valence electrons. The minimum atomic E-state index is -3.72. The summed E-state index contributed by atoms with van der Waals surface area (Å²) in [6, 6.07) is 9.66. The number of hydrogen-bond acceptors (Lipinski definition) is 6. The Morgan fingerprint density at radius 1 is 1.23 bits per heavy atom. The van der Waals surface area contributed by atoms with Crippen LogP contribution >= 0.6 is 0 Å². The molecule has 1 amide bonds. The summed E-state index contributed by atoms with van der Waals surface area (Å²) in [5.41, 5.74) is 1.01. The minimum absolute atomic E-state index is 0.0906. The van der Waals surface area contributed by atoms with Crippen LogP contribution < -0.4 is 10.1 Å². The van der Waals surface area contributed by atoms with Crippen molar-refractivity contribution in [1.29, 1.82) is 0 Å². The van der Waals surface area contributed by atoms with Crippen molar-refractivity contribution < 1.29 is 22.7 Å². The topological polar surface area (TPSA) is 97.8 Å². The maximum absolute atomic E-state index is 13.1. The third-order valence-corrected chi connectivity index (χ3v) is 6.52. The van der Waals surface area contributed by atoms with Crippen LogP contribution in [0.3, 0.4) is 0 Å². The van der Waals surface area contributed by atoms with E-state index in [2.05, 4.69) is 10.3 Å². The number of sulfonamides is 1. The molecule has 30 heavy (non-hydrogen) atoms. The minimum Gasteiger partial charge on any atom is -0.478 e. The standard InChI is InChI=1S/C21H27N3O5S/c1-4-28-21-18(8-6-10-22-21)12-23-20(25)17-7-5-9-19(11-17)30(26,27)24-13-15(2)29-16(3)14-24/h5-11,15-16H,4,12-14H2,1-3H3,(H,23,25). The van der Waals surface area contributed by atoms with Gasteiger partial charge in [0, 0.05) is 37.0 Å². The van der Waals surface area contributed by atoms with Crippen LogP contribution in [0.2, 0.25) is 0 Å². The fraction of sp³-hybridized carbons (Fsp3) is 0.429. The summed E-state index contributed by atoms with van der Waals surface area (Å²) < 4.78 is 38.6. The highest BCUT2D eigenvalue weighted by Crippen LogP contribution is 2.22. The van der Waals surface area contributed by atoms with E-state index in [1.165, 1.54) is 16.4 Å². The second-order valence-corrected chi connectivity index (χ2v) is 9.13. The summed E-state index contributed by atoms with van der Waals surface area (Å²) in [6.45, 7) is 6.80. The van der Waals surface area contributed by atoms with Crippen molar-refractivity contribution in [1.82, 2.24) is 14.6 Å². The van der Waals surface area contributed by atoms with Gasteiger partial charge in [0.05, 0.1) is 23.7 Å². The van der Waals surface area contributed by atoms with Gasteiger partial charge in [-0.05, 0) is 45.0 Å². The van der Waals surface area contributed by atoms with Crippen LogP contribution in [0.1, 0.15) is 36.7 Å². The number of hydrogen-bond donors (Lipinski definition) is 1. The Hall–Kier alpha value is -2.49. The van der Waals surface area contributed by atoms with Crippen molar-refractivity contribution in [2.24, 2.45) is 0 Å². The number of benzene rings is 1. The number of morpholine rings is 1. The van der Waals surface area contributed by atoms with Crippen molar-refractivity contribution in [2.75, 3.05) is 19.7 Å². The number of amides is 1. The predicted molar refractivity (Wildman–Crippen MR) is 112 cm³/mol. The number of carbonyl (C=O) groups excluding carboxylic acids is 1. The molecule has 0 bridgehead atoms. The average molecular weight is 434 g/mol. The first-order chi connectivity index (χ1) is 14.3. The average Bonchev–Trinajstić information content (AvgIpc) is 2.72. The van der Waals surface area contributed by atoms with Crippen molar-refractivity contribution >= 4 is 15.9 Å². The van der Waals surface area contributed by atoms with Crippen LogP contribution in [-0.4, -0.2) is 55.5 Å². The monoisotopic (exact) mass is 433 g/mol. The SMILES string of the molecule is CCOc1ncccc1CNC(=O)c1cccc(S(=O)(=O)N2CC(C)OC(C)C2)c1. The zero-order valence-electron chi connectivity index (χ0n) is 17.4. The van der Waals surface area contributed by atoms with E-state index >= 15 is 0 Å².